The molecule has 0 saturated carbocycles. The Bertz CT molecular complexity index is 578. The van der Waals surface area contributed by atoms with Crippen LogP contribution in [0.25, 0.3) is 0 Å². The lowest BCUT2D eigenvalue weighted by molar-refractivity contribution is 0.0693. The Morgan fingerprint density at radius 2 is 1.70 bits per heavy atom. The maximum atomic E-state index is 12.2. The lowest BCUT2D eigenvalue weighted by Gasteiger charge is -2.20. The molecule has 0 spiro atoms. The van der Waals surface area contributed by atoms with Gasteiger partial charge in [-0.2, -0.15) is 4.31 Å². The van der Waals surface area contributed by atoms with Crippen LogP contribution in [0.2, 0.25) is 0 Å². The van der Waals surface area contributed by atoms with Crippen LogP contribution in [-0.4, -0.2) is 65.4 Å². The summed E-state index contributed by atoms with van der Waals surface area (Å²) in [6.45, 7) is -1.34. The summed E-state index contributed by atoms with van der Waals surface area (Å²) in [7, 11) is -4.06. The topological polar surface area (TPSA) is 135 Å². The smallest absolute Gasteiger partial charge is 0.339 e. The van der Waals surface area contributed by atoms with Crippen molar-refractivity contribution in [1.82, 2.24) is 4.31 Å². The van der Waals surface area contributed by atoms with Crippen molar-refractivity contribution < 1.29 is 33.6 Å². The Kier molecular flexibility index (Phi) is 5.45. The SMILES string of the molecule is O=C(O)c1cc(S(=O)(=O)N(CCO)CCO)ccc1O. The second-order valence-electron chi connectivity index (χ2n) is 3.84. The van der Waals surface area contributed by atoms with Crippen molar-refractivity contribution in [3.05, 3.63) is 23.8 Å². The molecule has 1 rings (SSSR count). The first-order chi connectivity index (χ1) is 9.34. The Morgan fingerprint density at radius 3 is 2.15 bits per heavy atom. The van der Waals surface area contributed by atoms with Gasteiger partial charge in [-0.05, 0) is 18.2 Å². The largest absolute Gasteiger partial charge is 0.507 e. The first-order valence-electron chi connectivity index (χ1n) is 5.62. The van der Waals surface area contributed by atoms with E-state index >= 15 is 0 Å². The number of benzene rings is 1. The Labute approximate surface area is 115 Å². The number of aromatic hydroxyl groups is 1. The first kappa shape index (κ1) is 16.4. The fourth-order valence-corrected chi connectivity index (χ4v) is 3.02. The Morgan fingerprint density at radius 1 is 1.15 bits per heavy atom. The second-order valence-corrected chi connectivity index (χ2v) is 5.77. The van der Waals surface area contributed by atoms with Crippen LogP contribution >= 0.6 is 0 Å². The summed E-state index contributed by atoms with van der Waals surface area (Å²) in [5.41, 5.74) is -0.543. The monoisotopic (exact) mass is 305 g/mol. The van der Waals surface area contributed by atoms with Crippen LogP contribution in [0.15, 0.2) is 23.1 Å². The summed E-state index contributed by atoms with van der Waals surface area (Å²) in [6.07, 6.45) is 0. The van der Waals surface area contributed by atoms with Crippen LogP contribution in [0.4, 0.5) is 0 Å². The molecule has 8 nitrogen and oxygen atoms in total. The molecule has 0 aliphatic carbocycles. The molecule has 0 amide bonds. The van der Waals surface area contributed by atoms with Crippen LogP contribution in [0.1, 0.15) is 10.4 Å². The van der Waals surface area contributed by atoms with E-state index in [1.165, 1.54) is 0 Å². The van der Waals surface area contributed by atoms with E-state index in [-0.39, 0.29) is 18.0 Å². The van der Waals surface area contributed by atoms with E-state index in [0.29, 0.717) is 0 Å². The number of hydrogen-bond acceptors (Lipinski definition) is 6. The van der Waals surface area contributed by atoms with Crippen LogP contribution in [-0.2, 0) is 10.0 Å². The quantitative estimate of drug-likeness (QED) is 0.511. The molecule has 0 unspecified atom stereocenters. The number of rotatable bonds is 7. The molecule has 0 heterocycles. The molecule has 0 radical (unpaired) electrons. The number of carboxylic acid groups (broad SMARTS) is 1. The van der Waals surface area contributed by atoms with Crippen molar-refractivity contribution in [2.75, 3.05) is 26.3 Å². The van der Waals surface area contributed by atoms with E-state index < -0.39 is 40.5 Å². The van der Waals surface area contributed by atoms with Gasteiger partial charge in [-0.3, -0.25) is 0 Å². The molecule has 0 atom stereocenters. The zero-order chi connectivity index (χ0) is 15.3. The third-order valence-corrected chi connectivity index (χ3v) is 4.43. The minimum Gasteiger partial charge on any atom is -0.507 e. The van der Waals surface area contributed by atoms with Crippen molar-refractivity contribution in [3.8, 4) is 5.75 Å². The fourth-order valence-electron chi connectivity index (χ4n) is 1.57. The number of carboxylic acids is 1. The van der Waals surface area contributed by atoms with Crippen molar-refractivity contribution in [2.45, 2.75) is 4.90 Å². The van der Waals surface area contributed by atoms with Gasteiger partial charge < -0.3 is 20.4 Å². The zero-order valence-electron chi connectivity index (χ0n) is 10.4. The average Bonchev–Trinajstić information content (AvgIpc) is 2.38. The lowest BCUT2D eigenvalue weighted by Crippen LogP contribution is -2.35. The molecule has 0 saturated heterocycles. The number of carbonyl (C=O) groups is 1. The standard InChI is InChI=1S/C11H15NO7S/c13-5-3-12(4-6-14)20(18,19)8-1-2-10(15)9(7-8)11(16)17/h1-2,7,13-15H,3-6H2,(H,16,17). The number of aliphatic hydroxyl groups excluding tert-OH is 2. The van der Waals surface area contributed by atoms with Crippen molar-refractivity contribution in [1.29, 1.82) is 0 Å². The van der Waals surface area contributed by atoms with E-state index in [9.17, 15) is 18.3 Å². The van der Waals surface area contributed by atoms with E-state index in [2.05, 4.69) is 0 Å². The van der Waals surface area contributed by atoms with Gasteiger partial charge in [-0.25, -0.2) is 13.2 Å². The molecular weight excluding hydrogens is 290 g/mol. The summed E-state index contributed by atoms with van der Waals surface area (Å²) in [5.74, 6) is -2.01. The zero-order valence-corrected chi connectivity index (χ0v) is 11.2. The Hall–Kier alpha value is -1.68. The highest BCUT2D eigenvalue weighted by Gasteiger charge is 2.25. The van der Waals surface area contributed by atoms with Crippen molar-refractivity contribution in [3.63, 3.8) is 0 Å². The number of nitrogens with zero attached hydrogens (tertiary/aromatic N) is 1. The molecule has 1 aromatic carbocycles. The van der Waals surface area contributed by atoms with Crippen molar-refractivity contribution in [2.24, 2.45) is 0 Å². The minimum atomic E-state index is -4.06. The highest BCUT2D eigenvalue weighted by Crippen LogP contribution is 2.23. The van der Waals surface area contributed by atoms with E-state index in [0.717, 1.165) is 22.5 Å². The van der Waals surface area contributed by atoms with Crippen LogP contribution < -0.4 is 0 Å². The van der Waals surface area contributed by atoms with E-state index in [4.69, 9.17) is 15.3 Å². The summed E-state index contributed by atoms with van der Waals surface area (Å²) in [4.78, 5) is 10.5. The predicted molar refractivity (Wildman–Crippen MR) is 68.0 cm³/mol. The summed E-state index contributed by atoms with van der Waals surface area (Å²) < 4.78 is 25.3. The molecule has 0 bridgehead atoms. The van der Waals surface area contributed by atoms with Gasteiger partial charge in [-0.15, -0.1) is 0 Å². The molecule has 0 aliphatic heterocycles. The van der Waals surface area contributed by atoms with Gasteiger partial charge in [0, 0.05) is 13.1 Å². The molecule has 4 N–H and O–H groups in total. The van der Waals surface area contributed by atoms with Gasteiger partial charge in [0.2, 0.25) is 10.0 Å². The normalized spacial score (nSPS) is 11.8. The highest BCUT2D eigenvalue weighted by atomic mass is 32.2. The van der Waals surface area contributed by atoms with Gasteiger partial charge in [0.05, 0.1) is 18.1 Å². The molecule has 0 aromatic heterocycles. The molecule has 20 heavy (non-hydrogen) atoms. The summed E-state index contributed by atoms with van der Waals surface area (Å²) >= 11 is 0. The minimum absolute atomic E-state index is 0.230. The molecule has 9 heteroatoms. The maximum Gasteiger partial charge on any atom is 0.339 e. The summed E-state index contributed by atoms with van der Waals surface area (Å²) in [6, 6.07) is 2.85. The molecule has 0 fully saturated rings. The average molecular weight is 305 g/mol. The third-order valence-electron chi connectivity index (χ3n) is 2.54. The van der Waals surface area contributed by atoms with Gasteiger partial charge in [-0.1, -0.05) is 0 Å². The molecule has 112 valence electrons. The predicted octanol–water partition coefficient (Wildman–Crippen LogP) is -0.934. The first-order valence-corrected chi connectivity index (χ1v) is 7.06. The Balaban J connectivity index is 3.26. The van der Waals surface area contributed by atoms with Gasteiger partial charge >= 0.3 is 5.97 Å². The van der Waals surface area contributed by atoms with Crippen molar-refractivity contribution >= 4 is 16.0 Å². The van der Waals surface area contributed by atoms with Crippen LogP contribution in [0.5, 0.6) is 5.75 Å². The van der Waals surface area contributed by atoms with Crippen LogP contribution in [0, 0.1) is 0 Å². The van der Waals surface area contributed by atoms with E-state index in [1.54, 1.807) is 0 Å². The molecular formula is C11H15NO7S. The highest BCUT2D eigenvalue weighted by molar-refractivity contribution is 7.89. The van der Waals surface area contributed by atoms with Crippen LogP contribution in [0.3, 0.4) is 0 Å². The molecule has 0 aliphatic rings. The second kappa shape index (κ2) is 6.66. The maximum absolute atomic E-state index is 12.2. The number of aromatic carboxylic acids is 1. The van der Waals surface area contributed by atoms with E-state index in [1.807, 2.05) is 0 Å². The van der Waals surface area contributed by atoms with Gasteiger partial charge in [0.1, 0.15) is 11.3 Å². The number of hydrogen-bond donors (Lipinski definition) is 4. The third kappa shape index (κ3) is 3.45. The number of aliphatic hydroxyl groups is 2. The molecule has 1 aromatic rings. The van der Waals surface area contributed by atoms with Gasteiger partial charge in [0.25, 0.3) is 0 Å². The summed E-state index contributed by atoms with van der Waals surface area (Å²) in [5, 5.41) is 35.9. The fraction of sp³-hybridized carbons (Fsp3) is 0.364. The van der Waals surface area contributed by atoms with Gasteiger partial charge in [0.15, 0.2) is 0 Å². The number of sulfonamides is 1. The number of phenols is 1. The lowest BCUT2D eigenvalue weighted by atomic mass is 10.2.